The van der Waals surface area contributed by atoms with Crippen molar-refractivity contribution in [1.29, 1.82) is 0 Å². The van der Waals surface area contributed by atoms with Crippen molar-refractivity contribution in [2.45, 2.75) is 59.2 Å². The number of carbonyl (C=O) groups excluding carboxylic acids is 1. The molecule has 6 nitrogen and oxygen atoms in total. The van der Waals surface area contributed by atoms with Crippen LogP contribution in [0.5, 0.6) is 0 Å². The second-order valence-corrected chi connectivity index (χ2v) is 6.52. The van der Waals surface area contributed by atoms with Gasteiger partial charge in [-0.15, -0.1) is 0 Å². The third-order valence-electron chi connectivity index (χ3n) is 3.01. The SMILES string of the molecule is Cc1nn(C)cc1C(C)NCC(C)NC(=O)OC(C)(C)C. The molecule has 0 aliphatic rings. The summed E-state index contributed by atoms with van der Waals surface area (Å²) < 4.78 is 7.04. The van der Waals surface area contributed by atoms with E-state index in [0.29, 0.717) is 6.54 Å². The van der Waals surface area contributed by atoms with Gasteiger partial charge < -0.3 is 15.4 Å². The highest BCUT2D eigenvalue weighted by Crippen LogP contribution is 2.15. The van der Waals surface area contributed by atoms with E-state index in [-0.39, 0.29) is 18.2 Å². The molecule has 1 aromatic heterocycles. The third-order valence-corrected chi connectivity index (χ3v) is 3.01. The van der Waals surface area contributed by atoms with Crippen molar-refractivity contribution >= 4 is 6.09 Å². The molecule has 0 fully saturated rings. The molecule has 0 aliphatic carbocycles. The zero-order valence-electron chi connectivity index (χ0n) is 14.2. The summed E-state index contributed by atoms with van der Waals surface area (Å²) in [5, 5.41) is 10.6. The van der Waals surface area contributed by atoms with Crippen LogP contribution in [0.2, 0.25) is 0 Å². The Hall–Kier alpha value is -1.56. The predicted molar refractivity (Wildman–Crippen MR) is 83.2 cm³/mol. The van der Waals surface area contributed by atoms with E-state index in [1.165, 1.54) is 5.56 Å². The van der Waals surface area contributed by atoms with Crippen LogP contribution in [0.3, 0.4) is 0 Å². The maximum atomic E-state index is 11.7. The van der Waals surface area contributed by atoms with E-state index in [1.54, 1.807) is 0 Å². The lowest BCUT2D eigenvalue weighted by atomic mass is 10.1. The zero-order chi connectivity index (χ0) is 16.2. The first kappa shape index (κ1) is 17.5. The lowest BCUT2D eigenvalue weighted by molar-refractivity contribution is 0.0507. The molecule has 2 unspecified atom stereocenters. The summed E-state index contributed by atoms with van der Waals surface area (Å²) in [4.78, 5) is 11.7. The van der Waals surface area contributed by atoms with Crippen LogP contribution in [-0.2, 0) is 11.8 Å². The number of hydrogen-bond acceptors (Lipinski definition) is 4. The van der Waals surface area contributed by atoms with Crippen LogP contribution in [0, 0.1) is 6.92 Å². The fourth-order valence-corrected chi connectivity index (χ4v) is 2.07. The Labute approximate surface area is 127 Å². The number of hydrogen-bond donors (Lipinski definition) is 2. The van der Waals surface area contributed by atoms with Gasteiger partial charge in [-0.2, -0.15) is 5.10 Å². The molecule has 2 atom stereocenters. The quantitative estimate of drug-likeness (QED) is 0.875. The van der Waals surface area contributed by atoms with Crippen LogP contribution in [-0.4, -0.2) is 34.1 Å². The standard InChI is InChI=1S/C15H28N4O2/c1-10(17-14(20)21-15(4,5)6)8-16-11(2)13-9-19(7)18-12(13)3/h9-11,16H,8H2,1-7H3,(H,17,20). The Morgan fingerprint density at radius 1 is 1.43 bits per heavy atom. The Bertz CT molecular complexity index is 477. The molecular formula is C15H28N4O2. The van der Waals surface area contributed by atoms with Gasteiger partial charge in [0.2, 0.25) is 0 Å². The number of nitrogens with one attached hydrogen (secondary N) is 2. The second kappa shape index (κ2) is 6.93. The first-order chi connectivity index (χ1) is 9.58. The summed E-state index contributed by atoms with van der Waals surface area (Å²) >= 11 is 0. The topological polar surface area (TPSA) is 68.2 Å². The van der Waals surface area contributed by atoms with Crippen LogP contribution >= 0.6 is 0 Å². The summed E-state index contributed by atoms with van der Waals surface area (Å²) in [5.74, 6) is 0. The molecule has 0 aromatic carbocycles. The first-order valence-corrected chi connectivity index (χ1v) is 7.31. The molecule has 0 spiro atoms. The summed E-state index contributed by atoms with van der Waals surface area (Å²) in [6, 6.07) is 0.167. The molecule has 1 heterocycles. The molecule has 6 heteroatoms. The fourth-order valence-electron chi connectivity index (χ4n) is 2.07. The smallest absolute Gasteiger partial charge is 0.407 e. The molecule has 0 saturated carbocycles. The van der Waals surface area contributed by atoms with Crippen LogP contribution in [0.1, 0.15) is 51.9 Å². The van der Waals surface area contributed by atoms with Crippen LogP contribution in [0.25, 0.3) is 0 Å². The summed E-state index contributed by atoms with van der Waals surface area (Å²) in [7, 11) is 1.91. The minimum atomic E-state index is -0.475. The van der Waals surface area contributed by atoms with E-state index in [9.17, 15) is 4.79 Å². The Balaban J connectivity index is 2.41. The molecule has 1 amide bonds. The molecule has 1 rings (SSSR count). The summed E-state index contributed by atoms with van der Waals surface area (Å²) in [6.45, 7) is 12.2. The number of aryl methyl sites for hydroxylation is 2. The predicted octanol–water partition coefficient (Wildman–Crippen LogP) is 2.29. The van der Waals surface area contributed by atoms with Crippen LogP contribution in [0.15, 0.2) is 6.20 Å². The normalized spacial score (nSPS) is 14.6. The van der Waals surface area contributed by atoms with Crippen LogP contribution < -0.4 is 10.6 Å². The van der Waals surface area contributed by atoms with Gasteiger partial charge in [0.05, 0.1) is 5.69 Å². The minimum Gasteiger partial charge on any atom is -0.444 e. The third kappa shape index (κ3) is 6.16. The maximum absolute atomic E-state index is 11.7. The van der Waals surface area contributed by atoms with Crippen molar-refractivity contribution in [2.75, 3.05) is 6.54 Å². The average Bonchev–Trinajstić information content (AvgIpc) is 2.62. The maximum Gasteiger partial charge on any atom is 0.407 e. The summed E-state index contributed by atoms with van der Waals surface area (Å²) in [6.07, 6.45) is 1.63. The van der Waals surface area contributed by atoms with E-state index < -0.39 is 5.60 Å². The molecule has 120 valence electrons. The number of carbonyl (C=O) groups is 1. The van der Waals surface area contributed by atoms with Gasteiger partial charge in [0, 0.05) is 37.4 Å². The number of nitrogens with zero attached hydrogens (tertiary/aromatic N) is 2. The van der Waals surface area contributed by atoms with Crippen molar-refractivity contribution < 1.29 is 9.53 Å². The fraction of sp³-hybridized carbons (Fsp3) is 0.733. The highest BCUT2D eigenvalue weighted by Gasteiger charge is 2.18. The molecular weight excluding hydrogens is 268 g/mol. The molecule has 0 aliphatic heterocycles. The lowest BCUT2D eigenvalue weighted by Gasteiger charge is -2.23. The van der Waals surface area contributed by atoms with Crippen molar-refractivity contribution in [2.24, 2.45) is 7.05 Å². The highest BCUT2D eigenvalue weighted by molar-refractivity contribution is 5.68. The first-order valence-electron chi connectivity index (χ1n) is 7.31. The van der Waals surface area contributed by atoms with Gasteiger partial charge >= 0.3 is 6.09 Å². The summed E-state index contributed by atoms with van der Waals surface area (Å²) in [5.41, 5.74) is 1.71. The van der Waals surface area contributed by atoms with Gasteiger partial charge in [-0.1, -0.05) is 0 Å². The van der Waals surface area contributed by atoms with Gasteiger partial charge in [0.25, 0.3) is 0 Å². The van der Waals surface area contributed by atoms with E-state index in [4.69, 9.17) is 4.74 Å². The Kier molecular flexibility index (Phi) is 5.78. The van der Waals surface area contributed by atoms with Gasteiger partial charge in [-0.25, -0.2) is 4.79 Å². The molecule has 1 aromatic rings. The lowest BCUT2D eigenvalue weighted by Crippen LogP contribution is -2.43. The van der Waals surface area contributed by atoms with Crippen molar-refractivity contribution in [3.8, 4) is 0 Å². The number of ether oxygens (including phenoxy) is 1. The van der Waals surface area contributed by atoms with Gasteiger partial charge in [-0.05, 0) is 41.5 Å². The zero-order valence-corrected chi connectivity index (χ0v) is 14.2. The van der Waals surface area contributed by atoms with Crippen molar-refractivity contribution in [1.82, 2.24) is 20.4 Å². The van der Waals surface area contributed by atoms with E-state index >= 15 is 0 Å². The van der Waals surface area contributed by atoms with E-state index in [1.807, 2.05) is 52.5 Å². The average molecular weight is 296 g/mol. The molecule has 21 heavy (non-hydrogen) atoms. The van der Waals surface area contributed by atoms with Gasteiger partial charge in [0.15, 0.2) is 0 Å². The molecule has 2 N–H and O–H groups in total. The highest BCUT2D eigenvalue weighted by atomic mass is 16.6. The monoisotopic (exact) mass is 296 g/mol. The molecule has 0 saturated heterocycles. The van der Waals surface area contributed by atoms with E-state index in [0.717, 1.165) is 5.69 Å². The number of amides is 1. The minimum absolute atomic E-state index is 0.0146. The van der Waals surface area contributed by atoms with Crippen molar-refractivity contribution in [3.05, 3.63) is 17.5 Å². The molecule has 0 radical (unpaired) electrons. The second-order valence-electron chi connectivity index (χ2n) is 6.52. The Morgan fingerprint density at radius 3 is 2.52 bits per heavy atom. The number of aromatic nitrogens is 2. The largest absolute Gasteiger partial charge is 0.444 e. The Morgan fingerprint density at radius 2 is 2.05 bits per heavy atom. The number of alkyl carbamates (subject to hydrolysis) is 1. The van der Waals surface area contributed by atoms with Gasteiger partial charge in [-0.3, -0.25) is 4.68 Å². The van der Waals surface area contributed by atoms with E-state index in [2.05, 4.69) is 22.7 Å². The van der Waals surface area contributed by atoms with Crippen LogP contribution in [0.4, 0.5) is 4.79 Å². The molecule has 0 bridgehead atoms. The van der Waals surface area contributed by atoms with Gasteiger partial charge in [0.1, 0.15) is 5.60 Å². The number of rotatable bonds is 5. The van der Waals surface area contributed by atoms with Crippen molar-refractivity contribution in [3.63, 3.8) is 0 Å².